The van der Waals surface area contributed by atoms with Gasteiger partial charge in [0.15, 0.2) is 5.54 Å². The predicted molar refractivity (Wildman–Crippen MR) is 118 cm³/mol. The number of amides is 2. The van der Waals surface area contributed by atoms with Crippen LogP contribution in [0.1, 0.15) is 43.2 Å². The van der Waals surface area contributed by atoms with Gasteiger partial charge in [0.2, 0.25) is 5.91 Å². The van der Waals surface area contributed by atoms with Crippen molar-refractivity contribution in [3.8, 4) is 5.75 Å². The molecule has 1 aliphatic carbocycles. The van der Waals surface area contributed by atoms with Gasteiger partial charge in [-0.15, -0.1) is 0 Å². The summed E-state index contributed by atoms with van der Waals surface area (Å²) in [5.41, 5.74) is 1.69. The maximum atomic E-state index is 13.5. The number of aryl methyl sites for hydroxylation is 1. The van der Waals surface area contributed by atoms with Crippen LogP contribution in [0.5, 0.6) is 5.75 Å². The van der Waals surface area contributed by atoms with Crippen molar-refractivity contribution in [3.05, 3.63) is 65.7 Å². The fraction of sp³-hybridized carbons (Fsp3) is 0.360. The molecular weight excluding hydrogens is 376 g/mol. The second-order valence-electron chi connectivity index (χ2n) is 8.20. The highest BCUT2D eigenvalue weighted by molar-refractivity contribution is 6.15. The van der Waals surface area contributed by atoms with E-state index >= 15 is 0 Å². The normalized spacial score (nSPS) is 21.7. The average Bonchev–Trinajstić information content (AvgIpc) is 3.25. The van der Waals surface area contributed by atoms with Crippen molar-refractivity contribution in [1.29, 1.82) is 0 Å². The van der Waals surface area contributed by atoms with Gasteiger partial charge >= 0.3 is 0 Å². The largest absolute Gasteiger partial charge is 0.496 e. The Hall–Kier alpha value is -3.08. The van der Waals surface area contributed by atoms with E-state index in [0.29, 0.717) is 0 Å². The fourth-order valence-corrected chi connectivity index (χ4v) is 4.39. The van der Waals surface area contributed by atoms with Crippen LogP contribution in [0.2, 0.25) is 0 Å². The Morgan fingerprint density at radius 2 is 1.83 bits per heavy atom. The number of benzene rings is 2. The zero-order valence-electron chi connectivity index (χ0n) is 17.6. The minimum absolute atomic E-state index is 0.0508. The molecule has 0 bridgehead atoms. The highest BCUT2D eigenvalue weighted by Crippen LogP contribution is 2.40. The van der Waals surface area contributed by atoms with Gasteiger partial charge < -0.3 is 10.1 Å². The van der Waals surface area contributed by atoms with Crippen molar-refractivity contribution in [2.75, 3.05) is 12.0 Å². The number of ether oxygens (including phenoxy) is 1. The summed E-state index contributed by atoms with van der Waals surface area (Å²) in [5, 5.41) is 3.20. The molecule has 156 valence electrons. The van der Waals surface area contributed by atoms with Gasteiger partial charge in [0.05, 0.1) is 13.5 Å². The van der Waals surface area contributed by atoms with Crippen LogP contribution in [0.25, 0.3) is 6.08 Å². The number of rotatable bonds is 6. The molecule has 0 radical (unpaired) electrons. The van der Waals surface area contributed by atoms with E-state index in [1.807, 2.05) is 67.6 Å². The van der Waals surface area contributed by atoms with E-state index in [9.17, 15) is 9.59 Å². The van der Waals surface area contributed by atoms with Crippen molar-refractivity contribution >= 4 is 23.6 Å². The van der Waals surface area contributed by atoms with Crippen LogP contribution in [-0.2, 0) is 9.59 Å². The van der Waals surface area contributed by atoms with Crippen molar-refractivity contribution < 1.29 is 14.3 Å². The lowest BCUT2D eigenvalue weighted by Gasteiger charge is -2.49. The Labute approximate surface area is 177 Å². The van der Waals surface area contributed by atoms with Gasteiger partial charge in [-0.05, 0) is 44.0 Å². The fourth-order valence-electron chi connectivity index (χ4n) is 4.39. The quantitative estimate of drug-likeness (QED) is 0.732. The number of hydrogen-bond donors (Lipinski definition) is 1. The van der Waals surface area contributed by atoms with Gasteiger partial charge in [-0.3, -0.25) is 14.5 Å². The lowest BCUT2D eigenvalue weighted by atomic mass is 9.80. The van der Waals surface area contributed by atoms with E-state index in [2.05, 4.69) is 5.32 Å². The third-order valence-electron chi connectivity index (χ3n) is 6.12. The molecule has 1 saturated carbocycles. The second kappa shape index (κ2) is 8.34. The van der Waals surface area contributed by atoms with E-state index in [1.54, 1.807) is 12.0 Å². The van der Waals surface area contributed by atoms with Gasteiger partial charge in [-0.2, -0.15) is 0 Å². The first-order valence-corrected chi connectivity index (χ1v) is 10.6. The van der Waals surface area contributed by atoms with Crippen LogP contribution in [0.15, 0.2) is 54.6 Å². The number of carbonyl (C=O) groups is 2. The van der Waals surface area contributed by atoms with Crippen molar-refractivity contribution in [2.24, 2.45) is 0 Å². The monoisotopic (exact) mass is 404 g/mol. The molecule has 2 amide bonds. The Morgan fingerprint density at radius 3 is 2.50 bits per heavy atom. The Morgan fingerprint density at radius 1 is 1.13 bits per heavy atom. The summed E-state index contributed by atoms with van der Waals surface area (Å²) < 4.78 is 5.44. The van der Waals surface area contributed by atoms with Crippen molar-refractivity contribution in [3.63, 3.8) is 0 Å². The number of hydrogen-bond acceptors (Lipinski definition) is 3. The van der Waals surface area contributed by atoms with Crippen LogP contribution in [-0.4, -0.2) is 30.5 Å². The van der Waals surface area contributed by atoms with Crippen molar-refractivity contribution in [2.45, 2.75) is 50.6 Å². The molecule has 5 nitrogen and oxygen atoms in total. The summed E-state index contributed by atoms with van der Waals surface area (Å²) in [4.78, 5) is 27.8. The zero-order chi connectivity index (χ0) is 21.1. The predicted octanol–water partition coefficient (Wildman–Crippen LogP) is 4.25. The minimum Gasteiger partial charge on any atom is -0.496 e. The molecule has 0 unspecified atom stereocenters. The second-order valence-corrected chi connectivity index (χ2v) is 8.20. The smallest absolute Gasteiger partial charge is 0.251 e. The van der Waals surface area contributed by atoms with E-state index in [0.717, 1.165) is 48.2 Å². The Bertz CT molecular complexity index is 961. The highest BCUT2D eigenvalue weighted by atomic mass is 16.5. The molecule has 1 heterocycles. The van der Waals surface area contributed by atoms with Gasteiger partial charge in [0.25, 0.3) is 5.91 Å². The number of para-hydroxylation sites is 1. The molecule has 2 aliphatic rings. The summed E-state index contributed by atoms with van der Waals surface area (Å²) in [7, 11) is 1.63. The first-order valence-electron chi connectivity index (χ1n) is 10.6. The number of nitrogens with one attached hydrogen (secondary N) is 1. The van der Waals surface area contributed by atoms with Crippen LogP contribution in [0.4, 0.5) is 5.69 Å². The zero-order valence-corrected chi connectivity index (χ0v) is 17.6. The maximum Gasteiger partial charge on any atom is 0.251 e. The molecule has 0 spiro atoms. The van der Waals surface area contributed by atoms with Gasteiger partial charge in [0, 0.05) is 17.3 Å². The van der Waals surface area contributed by atoms with E-state index in [-0.39, 0.29) is 24.3 Å². The lowest BCUT2D eigenvalue weighted by Crippen LogP contribution is -2.70. The Kier molecular flexibility index (Phi) is 5.62. The van der Waals surface area contributed by atoms with Gasteiger partial charge in [-0.25, -0.2) is 0 Å². The van der Waals surface area contributed by atoms with E-state index in [1.165, 1.54) is 0 Å². The molecule has 1 atom stereocenters. The maximum absolute atomic E-state index is 13.5. The summed E-state index contributed by atoms with van der Waals surface area (Å²) in [5.74, 6) is 0.568. The molecule has 4 rings (SSSR count). The number of carbonyl (C=O) groups excluding carboxylic acids is 2. The topological polar surface area (TPSA) is 58.6 Å². The molecule has 1 N–H and O–H groups in total. The minimum atomic E-state index is -1.03. The third kappa shape index (κ3) is 3.72. The average molecular weight is 405 g/mol. The van der Waals surface area contributed by atoms with Crippen LogP contribution in [0, 0.1) is 6.92 Å². The summed E-state index contributed by atoms with van der Waals surface area (Å²) >= 11 is 0. The number of β-lactam (4-membered cyclic amide) rings is 1. The Balaban J connectivity index is 1.70. The standard InChI is InChI=1S/C25H28N2O3/c1-18-11-13-21(14-12-18)27-23(28)17-25(27,24(29)26-20-8-4-5-9-20)16-15-19-7-3-6-10-22(19)30-2/h3,6-7,10-16,20H,4-5,8-9,17H2,1-2H3,(H,26,29)/b16-15+/t25-/m0/s1. The van der Waals surface area contributed by atoms with Crippen LogP contribution < -0.4 is 15.0 Å². The molecule has 1 aliphatic heterocycles. The first-order chi connectivity index (χ1) is 14.5. The van der Waals surface area contributed by atoms with Crippen molar-refractivity contribution in [1.82, 2.24) is 5.32 Å². The number of anilines is 1. The van der Waals surface area contributed by atoms with Crippen LogP contribution >= 0.6 is 0 Å². The summed E-state index contributed by atoms with van der Waals surface area (Å²) in [6, 6.07) is 15.6. The molecule has 0 aromatic heterocycles. The molecule has 2 fully saturated rings. The molecule has 2 aromatic rings. The highest BCUT2D eigenvalue weighted by Gasteiger charge is 2.56. The van der Waals surface area contributed by atoms with Gasteiger partial charge in [0.1, 0.15) is 5.75 Å². The summed E-state index contributed by atoms with van der Waals surface area (Å²) in [6.45, 7) is 2.00. The summed E-state index contributed by atoms with van der Waals surface area (Å²) in [6.07, 6.45) is 8.17. The third-order valence-corrected chi connectivity index (χ3v) is 6.12. The molecule has 5 heteroatoms. The van der Waals surface area contributed by atoms with Crippen LogP contribution in [0.3, 0.4) is 0 Å². The molecular formula is C25H28N2O3. The lowest BCUT2D eigenvalue weighted by molar-refractivity contribution is -0.137. The van der Waals surface area contributed by atoms with E-state index < -0.39 is 5.54 Å². The number of methoxy groups -OCH3 is 1. The molecule has 1 saturated heterocycles. The first kappa shape index (κ1) is 20.2. The van der Waals surface area contributed by atoms with E-state index in [4.69, 9.17) is 4.74 Å². The molecule has 2 aromatic carbocycles. The molecule has 30 heavy (non-hydrogen) atoms. The van der Waals surface area contributed by atoms with Gasteiger partial charge in [-0.1, -0.05) is 54.8 Å². The number of nitrogens with zero attached hydrogens (tertiary/aromatic N) is 1. The SMILES string of the molecule is COc1ccccc1/C=C/[C@@]1(C(=O)NC2CCCC2)CC(=O)N1c1ccc(C)cc1.